The molecular formula is C11H13N3S. The topological polar surface area (TPSA) is 51.8 Å². The van der Waals surface area contributed by atoms with Gasteiger partial charge in [0.25, 0.3) is 0 Å². The first-order chi connectivity index (χ1) is 7.29. The summed E-state index contributed by atoms with van der Waals surface area (Å²) >= 11 is 1.69. The van der Waals surface area contributed by atoms with Crippen LogP contribution in [0.15, 0.2) is 6.20 Å². The molecule has 0 unspecified atom stereocenters. The van der Waals surface area contributed by atoms with Gasteiger partial charge in [0.05, 0.1) is 16.9 Å². The van der Waals surface area contributed by atoms with Crippen LogP contribution in [-0.4, -0.2) is 9.97 Å². The lowest BCUT2D eigenvalue weighted by Crippen LogP contribution is -1.95. The summed E-state index contributed by atoms with van der Waals surface area (Å²) in [6.45, 7) is 2.12. The van der Waals surface area contributed by atoms with Crippen LogP contribution in [0.3, 0.4) is 0 Å². The number of nitrogen functional groups attached to an aromatic ring is 1. The largest absolute Gasteiger partial charge is 0.397 e. The van der Waals surface area contributed by atoms with Crippen LogP contribution < -0.4 is 5.73 Å². The Morgan fingerprint density at radius 1 is 1.53 bits per heavy atom. The normalized spacial score (nSPS) is 16.1. The number of thiazole rings is 1. The first-order valence-corrected chi connectivity index (χ1v) is 6.15. The summed E-state index contributed by atoms with van der Waals surface area (Å²) in [7, 11) is 0. The molecule has 2 heterocycles. The van der Waals surface area contributed by atoms with Crippen LogP contribution in [0.4, 0.5) is 5.69 Å². The number of aryl methyl sites for hydroxylation is 1. The average Bonchev–Trinajstić information content (AvgIpc) is 2.96. The van der Waals surface area contributed by atoms with E-state index in [0.717, 1.165) is 27.5 Å². The second-order valence-electron chi connectivity index (χ2n) is 4.02. The SMILES string of the molecule is CCc1nc2c(C3CC3)c(N)cnc2s1. The van der Waals surface area contributed by atoms with Crippen LogP contribution in [0, 0.1) is 0 Å². The van der Waals surface area contributed by atoms with Crippen LogP contribution in [-0.2, 0) is 6.42 Å². The Hall–Kier alpha value is -1.16. The van der Waals surface area contributed by atoms with Gasteiger partial charge in [0.1, 0.15) is 10.3 Å². The molecule has 4 heteroatoms. The minimum Gasteiger partial charge on any atom is -0.397 e. The predicted molar refractivity (Wildman–Crippen MR) is 63.2 cm³/mol. The Labute approximate surface area is 92.4 Å². The fourth-order valence-corrected chi connectivity index (χ4v) is 2.77. The smallest absolute Gasteiger partial charge is 0.143 e. The Bertz CT molecular complexity index is 514. The fourth-order valence-electron chi connectivity index (χ4n) is 1.90. The predicted octanol–water partition coefficient (Wildman–Crippen LogP) is 2.71. The van der Waals surface area contributed by atoms with Crippen LogP contribution in [0.5, 0.6) is 0 Å². The zero-order chi connectivity index (χ0) is 10.4. The van der Waals surface area contributed by atoms with Gasteiger partial charge in [0.15, 0.2) is 0 Å². The molecule has 0 spiro atoms. The molecule has 1 aliphatic rings. The number of aromatic nitrogens is 2. The van der Waals surface area contributed by atoms with Crippen LogP contribution in [0.25, 0.3) is 10.3 Å². The van der Waals surface area contributed by atoms with Crippen molar-refractivity contribution in [3.05, 3.63) is 16.8 Å². The Balaban J connectivity index is 2.28. The lowest BCUT2D eigenvalue weighted by Gasteiger charge is -2.02. The molecule has 0 bridgehead atoms. The second kappa shape index (κ2) is 3.17. The van der Waals surface area contributed by atoms with Gasteiger partial charge in [-0.1, -0.05) is 18.3 Å². The number of anilines is 1. The summed E-state index contributed by atoms with van der Waals surface area (Å²) in [5.41, 5.74) is 9.10. The summed E-state index contributed by atoms with van der Waals surface area (Å²) < 4.78 is 0. The molecule has 2 aromatic rings. The zero-order valence-corrected chi connectivity index (χ0v) is 9.47. The second-order valence-corrected chi connectivity index (χ2v) is 5.08. The van der Waals surface area contributed by atoms with Crippen molar-refractivity contribution in [2.75, 3.05) is 5.73 Å². The maximum atomic E-state index is 5.98. The summed E-state index contributed by atoms with van der Waals surface area (Å²) in [5.74, 6) is 0.641. The number of rotatable bonds is 2. The van der Waals surface area contributed by atoms with Gasteiger partial charge in [0, 0.05) is 5.56 Å². The standard InChI is InChI=1S/C11H13N3S/c1-2-8-14-10-9(6-3-4-6)7(12)5-13-11(10)15-8/h5-6H,2-4,12H2,1H3. The van der Waals surface area contributed by atoms with E-state index in [4.69, 9.17) is 5.73 Å². The monoisotopic (exact) mass is 219 g/mol. The van der Waals surface area contributed by atoms with Crippen molar-refractivity contribution in [2.45, 2.75) is 32.1 Å². The first kappa shape index (κ1) is 9.09. The maximum absolute atomic E-state index is 5.98. The average molecular weight is 219 g/mol. The molecule has 0 radical (unpaired) electrons. The van der Waals surface area contributed by atoms with E-state index in [-0.39, 0.29) is 0 Å². The highest BCUT2D eigenvalue weighted by Crippen LogP contribution is 2.45. The molecule has 0 saturated heterocycles. The van der Waals surface area contributed by atoms with Gasteiger partial charge in [0.2, 0.25) is 0 Å². The zero-order valence-electron chi connectivity index (χ0n) is 8.66. The van der Waals surface area contributed by atoms with Gasteiger partial charge >= 0.3 is 0 Å². The molecule has 0 aliphatic heterocycles. The molecule has 0 aromatic carbocycles. The molecule has 0 atom stereocenters. The van der Waals surface area contributed by atoms with E-state index in [1.54, 1.807) is 17.5 Å². The summed E-state index contributed by atoms with van der Waals surface area (Å²) in [5, 5.41) is 1.16. The summed E-state index contributed by atoms with van der Waals surface area (Å²) in [4.78, 5) is 10.0. The molecule has 1 aliphatic carbocycles. The van der Waals surface area contributed by atoms with E-state index < -0.39 is 0 Å². The van der Waals surface area contributed by atoms with Gasteiger partial charge in [-0.3, -0.25) is 0 Å². The van der Waals surface area contributed by atoms with E-state index in [1.807, 2.05) is 0 Å². The summed E-state index contributed by atoms with van der Waals surface area (Å²) in [6.07, 6.45) is 5.27. The van der Waals surface area contributed by atoms with E-state index in [2.05, 4.69) is 16.9 Å². The number of nitrogens with two attached hydrogens (primary N) is 1. The quantitative estimate of drug-likeness (QED) is 0.845. The molecule has 2 aromatic heterocycles. The van der Waals surface area contributed by atoms with Crippen molar-refractivity contribution >= 4 is 27.4 Å². The Morgan fingerprint density at radius 3 is 3.00 bits per heavy atom. The van der Waals surface area contributed by atoms with Crippen molar-refractivity contribution < 1.29 is 0 Å². The van der Waals surface area contributed by atoms with E-state index in [1.165, 1.54) is 18.4 Å². The van der Waals surface area contributed by atoms with E-state index >= 15 is 0 Å². The van der Waals surface area contributed by atoms with Crippen molar-refractivity contribution in [2.24, 2.45) is 0 Å². The van der Waals surface area contributed by atoms with Crippen molar-refractivity contribution in [1.82, 2.24) is 9.97 Å². The number of hydrogen-bond acceptors (Lipinski definition) is 4. The van der Waals surface area contributed by atoms with Crippen molar-refractivity contribution in [1.29, 1.82) is 0 Å². The molecule has 3 rings (SSSR count). The molecule has 3 nitrogen and oxygen atoms in total. The number of pyridine rings is 1. The lowest BCUT2D eigenvalue weighted by atomic mass is 10.1. The minimum atomic E-state index is 0.641. The minimum absolute atomic E-state index is 0.641. The van der Waals surface area contributed by atoms with Crippen LogP contribution in [0.2, 0.25) is 0 Å². The van der Waals surface area contributed by atoms with Gasteiger partial charge in [-0.25, -0.2) is 9.97 Å². The molecule has 1 saturated carbocycles. The maximum Gasteiger partial charge on any atom is 0.143 e. The van der Waals surface area contributed by atoms with Crippen molar-refractivity contribution in [3.63, 3.8) is 0 Å². The third kappa shape index (κ3) is 1.40. The van der Waals surface area contributed by atoms with E-state index in [9.17, 15) is 0 Å². The highest BCUT2D eigenvalue weighted by Gasteiger charge is 2.29. The van der Waals surface area contributed by atoms with E-state index in [0.29, 0.717) is 5.92 Å². The van der Waals surface area contributed by atoms with Gasteiger partial charge in [-0.15, -0.1) is 0 Å². The van der Waals surface area contributed by atoms with Crippen LogP contribution >= 0.6 is 11.3 Å². The first-order valence-electron chi connectivity index (χ1n) is 5.33. The van der Waals surface area contributed by atoms with Gasteiger partial charge < -0.3 is 5.73 Å². The molecule has 0 amide bonds. The Kier molecular flexibility index (Phi) is 1.92. The molecular weight excluding hydrogens is 206 g/mol. The number of hydrogen-bond donors (Lipinski definition) is 1. The number of nitrogens with zero attached hydrogens (tertiary/aromatic N) is 2. The van der Waals surface area contributed by atoms with Gasteiger partial charge in [-0.2, -0.15) is 0 Å². The van der Waals surface area contributed by atoms with Gasteiger partial charge in [-0.05, 0) is 25.2 Å². The molecule has 1 fully saturated rings. The number of fused-ring (bicyclic) bond motifs is 1. The van der Waals surface area contributed by atoms with Crippen LogP contribution in [0.1, 0.15) is 36.3 Å². The Morgan fingerprint density at radius 2 is 2.33 bits per heavy atom. The molecule has 15 heavy (non-hydrogen) atoms. The fraction of sp³-hybridized carbons (Fsp3) is 0.455. The third-order valence-corrected chi connectivity index (χ3v) is 3.94. The third-order valence-electron chi connectivity index (χ3n) is 2.83. The summed E-state index contributed by atoms with van der Waals surface area (Å²) in [6, 6.07) is 0. The highest BCUT2D eigenvalue weighted by atomic mass is 32.1. The molecule has 2 N–H and O–H groups in total. The highest BCUT2D eigenvalue weighted by molar-refractivity contribution is 7.18. The van der Waals surface area contributed by atoms with Crippen molar-refractivity contribution in [3.8, 4) is 0 Å². The lowest BCUT2D eigenvalue weighted by molar-refractivity contribution is 1.09. The molecule has 78 valence electrons.